The molecule has 0 aliphatic heterocycles. The number of sulfonamides is 1. The number of benzene rings is 3. The monoisotopic (exact) mass is 557 g/mol. The number of amides is 2. The SMILES string of the molecule is COCCNC(=O)[C@@H](c1ccccc1)N(Cc1ccc(Cl)cc1)C(=O)CN(Cc1ccccc1)S(C)(=O)=O. The van der Waals surface area contributed by atoms with Gasteiger partial charge in [-0.2, -0.15) is 4.31 Å². The van der Waals surface area contributed by atoms with E-state index < -0.39 is 34.4 Å². The number of methoxy groups -OCH3 is 1. The molecule has 0 spiro atoms. The lowest BCUT2D eigenvalue weighted by molar-refractivity contribution is -0.141. The van der Waals surface area contributed by atoms with E-state index in [9.17, 15) is 18.0 Å². The zero-order valence-corrected chi connectivity index (χ0v) is 23.0. The number of nitrogens with one attached hydrogen (secondary N) is 1. The summed E-state index contributed by atoms with van der Waals surface area (Å²) in [4.78, 5) is 28.8. The molecule has 0 radical (unpaired) electrons. The lowest BCUT2D eigenvalue weighted by atomic mass is 10.0. The molecule has 0 bridgehead atoms. The van der Waals surface area contributed by atoms with Crippen LogP contribution in [0, 0.1) is 0 Å². The highest BCUT2D eigenvalue weighted by molar-refractivity contribution is 7.88. The largest absolute Gasteiger partial charge is 0.383 e. The van der Waals surface area contributed by atoms with E-state index in [-0.39, 0.29) is 19.6 Å². The Morgan fingerprint density at radius 2 is 1.47 bits per heavy atom. The Hall–Kier alpha value is -3.24. The Morgan fingerprint density at radius 1 is 0.895 bits per heavy atom. The van der Waals surface area contributed by atoms with Crippen molar-refractivity contribution in [2.75, 3.05) is 33.1 Å². The molecule has 0 saturated heterocycles. The number of halogens is 1. The first-order chi connectivity index (χ1) is 18.2. The smallest absolute Gasteiger partial charge is 0.247 e. The molecule has 0 aliphatic rings. The third-order valence-corrected chi connectivity index (χ3v) is 7.30. The number of rotatable bonds is 13. The standard InChI is InChI=1S/C28H32ClN3O5S/c1-37-18-17-30-28(34)27(24-11-7-4-8-12-24)32(20-23-13-15-25(29)16-14-23)26(33)21-31(38(2,35)36)19-22-9-5-3-6-10-22/h3-16,27H,17-21H2,1-2H3,(H,30,34)/t27-/m1/s1. The van der Waals surface area contributed by atoms with Crippen molar-refractivity contribution in [3.63, 3.8) is 0 Å². The quantitative estimate of drug-likeness (QED) is 0.324. The van der Waals surface area contributed by atoms with Crippen molar-refractivity contribution < 1.29 is 22.7 Å². The Bertz CT molecular complexity index is 1290. The topological polar surface area (TPSA) is 96.0 Å². The first-order valence-electron chi connectivity index (χ1n) is 12.0. The summed E-state index contributed by atoms with van der Waals surface area (Å²) in [5.74, 6) is -0.915. The van der Waals surface area contributed by atoms with Crippen molar-refractivity contribution in [3.8, 4) is 0 Å². The first-order valence-corrected chi connectivity index (χ1v) is 14.3. The van der Waals surface area contributed by atoms with E-state index in [1.54, 1.807) is 72.8 Å². The van der Waals surface area contributed by atoms with E-state index in [4.69, 9.17) is 16.3 Å². The summed E-state index contributed by atoms with van der Waals surface area (Å²) >= 11 is 6.06. The molecule has 0 aromatic heterocycles. The highest BCUT2D eigenvalue weighted by atomic mass is 35.5. The van der Waals surface area contributed by atoms with Gasteiger partial charge in [0.2, 0.25) is 21.8 Å². The Kier molecular flexibility index (Phi) is 10.8. The van der Waals surface area contributed by atoms with Crippen molar-refractivity contribution in [2.24, 2.45) is 0 Å². The fraction of sp³-hybridized carbons (Fsp3) is 0.286. The number of carbonyl (C=O) groups is 2. The van der Waals surface area contributed by atoms with Gasteiger partial charge in [0.15, 0.2) is 0 Å². The van der Waals surface area contributed by atoms with Crippen molar-refractivity contribution in [1.82, 2.24) is 14.5 Å². The number of hydrogen-bond acceptors (Lipinski definition) is 5. The summed E-state index contributed by atoms with van der Waals surface area (Å²) in [6.07, 6.45) is 1.07. The summed E-state index contributed by atoms with van der Waals surface area (Å²) in [7, 11) is -2.22. The second-order valence-corrected chi connectivity index (χ2v) is 11.2. The summed E-state index contributed by atoms with van der Waals surface area (Å²) in [6.45, 7) is 0.213. The van der Waals surface area contributed by atoms with Gasteiger partial charge in [0.25, 0.3) is 0 Å². The van der Waals surface area contributed by atoms with E-state index in [2.05, 4.69) is 5.32 Å². The van der Waals surface area contributed by atoms with Gasteiger partial charge in [-0.15, -0.1) is 0 Å². The van der Waals surface area contributed by atoms with Crippen molar-refractivity contribution in [1.29, 1.82) is 0 Å². The second-order valence-electron chi connectivity index (χ2n) is 8.76. The van der Waals surface area contributed by atoms with Crippen LogP contribution in [-0.4, -0.2) is 62.5 Å². The van der Waals surface area contributed by atoms with Gasteiger partial charge in [-0.3, -0.25) is 9.59 Å². The average molecular weight is 558 g/mol. The van der Waals surface area contributed by atoms with Crippen LogP contribution in [0.4, 0.5) is 0 Å². The van der Waals surface area contributed by atoms with E-state index in [0.717, 1.165) is 21.7 Å². The minimum Gasteiger partial charge on any atom is -0.383 e. The minimum atomic E-state index is -3.75. The number of carbonyl (C=O) groups excluding carboxylic acids is 2. The maximum absolute atomic E-state index is 13.9. The fourth-order valence-electron chi connectivity index (χ4n) is 3.91. The minimum absolute atomic E-state index is 0.0240. The van der Waals surface area contributed by atoms with Gasteiger partial charge in [-0.1, -0.05) is 84.4 Å². The molecule has 38 heavy (non-hydrogen) atoms. The summed E-state index contributed by atoms with van der Waals surface area (Å²) in [5, 5.41) is 3.36. The van der Waals surface area contributed by atoms with E-state index >= 15 is 0 Å². The third-order valence-electron chi connectivity index (χ3n) is 5.85. The highest BCUT2D eigenvalue weighted by Crippen LogP contribution is 2.25. The van der Waals surface area contributed by atoms with Crippen LogP contribution in [-0.2, 0) is 37.4 Å². The molecule has 0 aliphatic carbocycles. The van der Waals surface area contributed by atoms with Crippen LogP contribution < -0.4 is 5.32 Å². The molecule has 0 unspecified atom stereocenters. The van der Waals surface area contributed by atoms with Crippen LogP contribution in [0.5, 0.6) is 0 Å². The van der Waals surface area contributed by atoms with Gasteiger partial charge >= 0.3 is 0 Å². The van der Waals surface area contributed by atoms with Crippen LogP contribution in [0.15, 0.2) is 84.9 Å². The maximum atomic E-state index is 13.9. The molecule has 1 atom stereocenters. The predicted molar refractivity (Wildman–Crippen MR) is 148 cm³/mol. The molecule has 3 aromatic carbocycles. The zero-order valence-electron chi connectivity index (χ0n) is 21.4. The Labute approximate surface area is 229 Å². The number of ether oxygens (including phenoxy) is 1. The van der Waals surface area contributed by atoms with Gasteiger partial charge in [0, 0.05) is 31.8 Å². The van der Waals surface area contributed by atoms with Crippen LogP contribution in [0.25, 0.3) is 0 Å². The second kappa shape index (κ2) is 14.1. The lowest BCUT2D eigenvalue weighted by Gasteiger charge is -2.33. The van der Waals surface area contributed by atoms with Crippen molar-refractivity contribution >= 4 is 33.4 Å². The normalized spacial score (nSPS) is 12.2. The molecule has 0 saturated carbocycles. The van der Waals surface area contributed by atoms with E-state index in [1.165, 1.54) is 12.0 Å². The van der Waals surface area contributed by atoms with Crippen LogP contribution >= 0.6 is 11.6 Å². The molecule has 2 amide bonds. The Balaban J connectivity index is 1.99. The summed E-state index contributed by atoms with van der Waals surface area (Å²) < 4.78 is 31.5. The van der Waals surface area contributed by atoms with Crippen molar-refractivity contribution in [3.05, 3.63) is 107 Å². The third kappa shape index (κ3) is 8.66. The molecular formula is C28H32ClN3O5S. The van der Waals surface area contributed by atoms with Crippen LogP contribution in [0.3, 0.4) is 0 Å². The highest BCUT2D eigenvalue weighted by Gasteiger charge is 2.33. The van der Waals surface area contributed by atoms with Crippen molar-refractivity contribution in [2.45, 2.75) is 19.1 Å². The molecular weight excluding hydrogens is 526 g/mol. The number of nitrogens with zero attached hydrogens (tertiary/aromatic N) is 2. The lowest BCUT2D eigenvalue weighted by Crippen LogP contribution is -2.48. The molecule has 0 heterocycles. The Morgan fingerprint density at radius 3 is 2.05 bits per heavy atom. The molecule has 3 rings (SSSR count). The molecule has 8 nitrogen and oxygen atoms in total. The van der Waals surface area contributed by atoms with Crippen LogP contribution in [0.1, 0.15) is 22.7 Å². The summed E-state index contributed by atoms with van der Waals surface area (Å²) in [5.41, 5.74) is 2.08. The van der Waals surface area contributed by atoms with E-state index in [0.29, 0.717) is 17.2 Å². The fourth-order valence-corrected chi connectivity index (χ4v) is 4.76. The molecule has 0 fully saturated rings. The predicted octanol–water partition coefficient (Wildman–Crippen LogP) is 3.63. The van der Waals surface area contributed by atoms with Gasteiger partial charge in [-0.05, 0) is 28.8 Å². The van der Waals surface area contributed by atoms with Gasteiger partial charge < -0.3 is 15.0 Å². The van der Waals surface area contributed by atoms with Gasteiger partial charge in [0.1, 0.15) is 6.04 Å². The first kappa shape index (κ1) is 29.3. The number of hydrogen-bond donors (Lipinski definition) is 1. The van der Waals surface area contributed by atoms with Crippen LogP contribution in [0.2, 0.25) is 5.02 Å². The molecule has 3 aromatic rings. The van der Waals surface area contributed by atoms with Gasteiger partial charge in [0.05, 0.1) is 19.4 Å². The average Bonchev–Trinajstić information content (AvgIpc) is 2.90. The molecule has 1 N–H and O–H groups in total. The molecule has 202 valence electrons. The molecule has 10 heteroatoms. The maximum Gasteiger partial charge on any atom is 0.247 e. The van der Waals surface area contributed by atoms with Gasteiger partial charge in [-0.25, -0.2) is 8.42 Å². The zero-order chi connectivity index (χ0) is 27.5. The van der Waals surface area contributed by atoms with E-state index in [1.807, 2.05) is 12.1 Å². The summed E-state index contributed by atoms with van der Waals surface area (Å²) in [6, 6.07) is 23.9.